The van der Waals surface area contributed by atoms with Crippen LogP contribution >= 0.6 is 0 Å². The summed E-state index contributed by atoms with van der Waals surface area (Å²) in [5, 5.41) is 9.08. The summed E-state index contributed by atoms with van der Waals surface area (Å²) in [5.41, 5.74) is 1.74. The largest absolute Gasteiger partial charge is 0.496 e. The molecule has 0 spiro atoms. The zero-order valence-corrected chi connectivity index (χ0v) is 13.7. The van der Waals surface area contributed by atoms with Gasteiger partial charge in [0, 0.05) is 44.0 Å². The Bertz CT molecular complexity index is 716. The molecule has 0 bridgehead atoms. The summed E-state index contributed by atoms with van der Waals surface area (Å²) >= 11 is 0. The van der Waals surface area contributed by atoms with Gasteiger partial charge in [-0.1, -0.05) is 0 Å². The molecule has 0 fully saturated rings. The number of rotatable bonds is 5. The normalized spacial score (nSPS) is 16.9. The molecule has 0 radical (unpaired) electrons. The highest BCUT2D eigenvalue weighted by atomic mass is 16.5. The Hall–Kier alpha value is -2.32. The number of nitriles is 1. The van der Waals surface area contributed by atoms with Crippen molar-refractivity contribution in [1.82, 2.24) is 14.5 Å². The first-order chi connectivity index (χ1) is 11.2. The smallest absolute Gasteiger partial charge is 0.123 e. The Morgan fingerprint density at radius 1 is 1.48 bits per heavy atom. The topological polar surface area (TPSA) is 54.1 Å². The van der Waals surface area contributed by atoms with Crippen LogP contribution in [0.4, 0.5) is 0 Å². The summed E-state index contributed by atoms with van der Waals surface area (Å²) in [6.07, 6.45) is 6.19. The molecular weight excluding hydrogens is 288 g/mol. The van der Waals surface area contributed by atoms with Gasteiger partial charge in [-0.2, -0.15) is 5.26 Å². The number of hydrogen-bond acceptors (Lipinski definition) is 4. The third-order valence-electron chi connectivity index (χ3n) is 4.45. The van der Waals surface area contributed by atoms with E-state index in [1.165, 1.54) is 12.2 Å². The van der Waals surface area contributed by atoms with Crippen molar-refractivity contribution < 1.29 is 4.74 Å². The minimum absolute atomic E-state index is 0.631. The monoisotopic (exact) mass is 310 g/mol. The summed E-state index contributed by atoms with van der Waals surface area (Å²) in [6, 6.07) is 7.79. The maximum Gasteiger partial charge on any atom is 0.123 e. The van der Waals surface area contributed by atoms with Crippen LogP contribution < -0.4 is 4.74 Å². The van der Waals surface area contributed by atoms with E-state index in [0.717, 1.165) is 37.4 Å². The number of hydrogen-bond donors (Lipinski definition) is 0. The highest BCUT2D eigenvalue weighted by Crippen LogP contribution is 2.23. The predicted octanol–water partition coefficient (Wildman–Crippen LogP) is 2.46. The lowest BCUT2D eigenvalue weighted by molar-refractivity contribution is 0.227. The Labute approximate surface area is 137 Å². The van der Waals surface area contributed by atoms with E-state index < -0.39 is 0 Å². The molecule has 23 heavy (non-hydrogen) atoms. The van der Waals surface area contributed by atoms with Gasteiger partial charge >= 0.3 is 0 Å². The van der Waals surface area contributed by atoms with Crippen LogP contribution in [0, 0.1) is 17.2 Å². The molecule has 1 atom stereocenters. The van der Waals surface area contributed by atoms with Crippen LogP contribution in [-0.4, -0.2) is 35.2 Å². The second-order valence-corrected chi connectivity index (χ2v) is 6.24. The lowest BCUT2D eigenvalue weighted by Crippen LogP contribution is -2.31. The van der Waals surface area contributed by atoms with Gasteiger partial charge in [0.1, 0.15) is 11.6 Å². The van der Waals surface area contributed by atoms with E-state index in [9.17, 15) is 0 Å². The van der Waals surface area contributed by atoms with Gasteiger partial charge in [-0.25, -0.2) is 4.98 Å². The van der Waals surface area contributed by atoms with Crippen LogP contribution in [0.1, 0.15) is 23.4 Å². The van der Waals surface area contributed by atoms with Gasteiger partial charge in [0.25, 0.3) is 0 Å². The fourth-order valence-corrected chi connectivity index (χ4v) is 3.35. The molecule has 5 nitrogen and oxygen atoms in total. The molecule has 2 aromatic rings. The number of imidazole rings is 1. The van der Waals surface area contributed by atoms with Crippen molar-refractivity contribution in [2.24, 2.45) is 5.92 Å². The van der Waals surface area contributed by atoms with Crippen molar-refractivity contribution in [1.29, 1.82) is 5.26 Å². The first kappa shape index (κ1) is 15.6. The molecule has 3 rings (SSSR count). The number of nitrogens with zero attached hydrogens (tertiary/aromatic N) is 4. The molecule has 1 aromatic heterocycles. The van der Waals surface area contributed by atoms with E-state index in [0.29, 0.717) is 11.5 Å². The van der Waals surface area contributed by atoms with Crippen LogP contribution in [0.2, 0.25) is 0 Å². The zero-order chi connectivity index (χ0) is 16.2. The highest BCUT2D eigenvalue weighted by Gasteiger charge is 2.20. The maximum absolute atomic E-state index is 9.08. The van der Waals surface area contributed by atoms with E-state index >= 15 is 0 Å². The fraction of sp³-hybridized carbons (Fsp3) is 0.444. The first-order valence-corrected chi connectivity index (χ1v) is 7.95. The Morgan fingerprint density at radius 2 is 2.35 bits per heavy atom. The van der Waals surface area contributed by atoms with Gasteiger partial charge < -0.3 is 14.2 Å². The molecule has 5 heteroatoms. The number of methoxy groups -OCH3 is 1. The molecule has 1 aliphatic rings. The standard InChI is InChI=1S/C18H22N4O/c1-21(11-15-4-6-18-20-7-8-22(18)12-15)13-16-9-14(10-19)3-5-17(16)23-2/h3,5,7-9,15H,4,6,11-13H2,1-2H3/t15-/m1/s1. The van der Waals surface area contributed by atoms with Gasteiger partial charge in [0.05, 0.1) is 18.7 Å². The van der Waals surface area contributed by atoms with Crippen LogP contribution in [0.3, 0.4) is 0 Å². The molecule has 0 amide bonds. The average molecular weight is 310 g/mol. The molecule has 0 unspecified atom stereocenters. The van der Waals surface area contributed by atoms with Crippen LogP contribution in [0.25, 0.3) is 0 Å². The highest BCUT2D eigenvalue weighted by molar-refractivity contribution is 5.42. The summed E-state index contributed by atoms with van der Waals surface area (Å²) in [6.45, 7) is 2.85. The third-order valence-corrected chi connectivity index (χ3v) is 4.45. The molecule has 0 saturated carbocycles. The maximum atomic E-state index is 9.08. The van der Waals surface area contributed by atoms with Crippen molar-refractivity contribution in [3.05, 3.63) is 47.5 Å². The van der Waals surface area contributed by atoms with Gasteiger partial charge in [-0.05, 0) is 37.6 Å². The first-order valence-electron chi connectivity index (χ1n) is 7.95. The quantitative estimate of drug-likeness (QED) is 0.851. The number of benzene rings is 1. The summed E-state index contributed by atoms with van der Waals surface area (Å²) in [7, 11) is 3.80. The molecule has 120 valence electrons. The molecule has 0 N–H and O–H groups in total. The van der Waals surface area contributed by atoms with Crippen molar-refractivity contribution in [3.63, 3.8) is 0 Å². The third kappa shape index (κ3) is 3.54. The zero-order valence-electron chi connectivity index (χ0n) is 13.7. The summed E-state index contributed by atoms with van der Waals surface area (Å²) in [5.74, 6) is 2.68. The summed E-state index contributed by atoms with van der Waals surface area (Å²) in [4.78, 5) is 6.69. The second-order valence-electron chi connectivity index (χ2n) is 6.24. The molecule has 1 aromatic carbocycles. The van der Waals surface area contributed by atoms with Crippen LogP contribution in [0.5, 0.6) is 5.75 Å². The van der Waals surface area contributed by atoms with E-state index in [4.69, 9.17) is 10.00 Å². The SMILES string of the molecule is COc1ccc(C#N)cc1CN(C)C[C@H]1CCc2nccn2C1. The molecule has 1 aliphatic heterocycles. The van der Waals surface area contributed by atoms with E-state index in [-0.39, 0.29) is 0 Å². The molecule has 0 saturated heterocycles. The Kier molecular flexibility index (Phi) is 4.63. The van der Waals surface area contributed by atoms with Gasteiger partial charge in [0.15, 0.2) is 0 Å². The number of aromatic nitrogens is 2. The van der Waals surface area contributed by atoms with Crippen molar-refractivity contribution >= 4 is 0 Å². The fourth-order valence-electron chi connectivity index (χ4n) is 3.35. The predicted molar refractivity (Wildman–Crippen MR) is 88.1 cm³/mol. The lowest BCUT2D eigenvalue weighted by Gasteiger charge is -2.28. The van der Waals surface area contributed by atoms with Crippen molar-refractivity contribution in [2.45, 2.75) is 25.9 Å². The molecule has 0 aliphatic carbocycles. The van der Waals surface area contributed by atoms with Crippen LogP contribution in [-0.2, 0) is 19.5 Å². The van der Waals surface area contributed by atoms with E-state index in [1.54, 1.807) is 13.2 Å². The van der Waals surface area contributed by atoms with Gasteiger partial charge in [-0.3, -0.25) is 0 Å². The van der Waals surface area contributed by atoms with Crippen molar-refractivity contribution in [2.75, 3.05) is 20.7 Å². The second kappa shape index (κ2) is 6.84. The molecule has 2 heterocycles. The Morgan fingerprint density at radius 3 is 3.13 bits per heavy atom. The average Bonchev–Trinajstić information content (AvgIpc) is 3.02. The minimum Gasteiger partial charge on any atom is -0.496 e. The molecular formula is C18H22N4O. The van der Waals surface area contributed by atoms with Crippen molar-refractivity contribution in [3.8, 4) is 11.8 Å². The van der Waals surface area contributed by atoms with Gasteiger partial charge in [0.2, 0.25) is 0 Å². The van der Waals surface area contributed by atoms with E-state index in [1.807, 2.05) is 18.3 Å². The lowest BCUT2D eigenvalue weighted by atomic mass is 9.98. The Balaban J connectivity index is 1.64. The summed E-state index contributed by atoms with van der Waals surface area (Å²) < 4.78 is 7.69. The van der Waals surface area contributed by atoms with E-state index in [2.05, 4.69) is 33.8 Å². The van der Waals surface area contributed by atoms with Crippen LogP contribution in [0.15, 0.2) is 30.6 Å². The number of aryl methyl sites for hydroxylation is 1. The number of ether oxygens (including phenoxy) is 1. The minimum atomic E-state index is 0.631. The number of fused-ring (bicyclic) bond motifs is 1. The van der Waals surface area contributed by atoms with Gasteiger partial charge in [-0.15, -0.1) is 0 Å².